The number of amides is 1. The Balaban J connectivity index is 1.41. The Kier molecular flexibility index (Phi) is 7.00. The van der Waals surface area contributed by atoms with Crippen LogP contribution in [0.1, 0.15) is 41.0 Å². The fourth-order valence-corrected chi connectivity index (χ4v) is 4.24. The van der Waals surface area contributed by atoms with Crippen LogP contribution < -0.4 is 5.32 Å². The maximum absolute atomic E-state index is 13.0. The Labute approximate surface area is 197 Å². The van der Waals surface area contributed by atoms with Crippen LogP contribution >= 0.6 is 0 Å². The van der Waals surface area contributed by atoms with Gasteiger partial charge in [0.25, 0.3) is 0 Å². The van der Waals surface area contributed by atoms with Crippen molar-refractivity contribution in [2.45, 2.75) is 45.0 Å². The summed E-state index contributed by atoms with van der Waals surface area (Å²) >= 11 is 0. The number of hydrogen-bond donors (Lipinski definition) is 1. The average Bonchev–Trinajstić information content (AvgIpc) is 3.24. The number of halogens is 6. The van der Waals surface area contributed by atoms with Gasteiger partial charge in [-0.2, -0.15) is 31.4 Å². The van der Waals surface area contributed by atoms with E-state index in [9.17, 15) is 31.1 Å². The average molecular weight is 505 g/mol. The Morgan fingerprint density at radius 2 is 1.63 bits per heavy atom. The van der Waals surface area contributed by atoms with E-state index in [1.807, 2.05) is 6.07 Å². The molecular weight excluding hydrogens is 480 g/mol. The molecule has 1 aromatic heterocycles. The van der Waals surface area contributed by atoms with Gasteiger partial charge >= 0.3 is 18.4 Å². The second-order valence-electron chi connectivity index (χ2n) is 8.64. The molecule has 2 aliphatic heterocycles. The lowest BCUT2D eigenvalue weighted by molar-refractivity contribution is -0.143. The zero-order valence-electron chi connectivity index (χ0n) is 18.9. The second kappa shape index (κ2) is 9.69. The second-order valence-corrected chi connectivity index (χ2v) is 8.64. The summed E-state index contributed by atoms with van der Waals surface area (Å²) in [6, 6.07) is 3.15. The van der Waals surface area contributed by atoms with Crippen LogP contribution in [0.4, 0.5) is 31.1 Å². The molecule has 192 valence electrons. The molecule has 1 atom stereocenters. The minimum Gasteiger partial charge on any atom is -0.445 e. The van der Waals surface area contributed by atoms with Crippen molar-refractivity contribution in [1.82, 2.24) is 24.9 Å². The summed E-state index contributed by atoms with van der Waals surface area (Å²) in [6.07, 6.45) is -10.8. The van der Waals surface area contributed by atoms with Crippen molar-refractivity contribution >= 4 is 6.09 Å². The van der Waals surface area contributed by atoms with Crippen molar-refractivity contribution in [3.05, 3.63) is 52.3 Å². The summed E-state index contributed by atoms with van der Waals surface area (Å²) in [7, 11) is 0. The van der Waals surface area contributed by atoms with Crippen molar-refractivity contribution in [3.63, 3.8) is 0 Å². The monoisotopic (exact) mass is 505 g/mol. The number of rotatable bonds is 4. The molecule has 1 fully saturated rings. The molecule has 0 spiro atoms. The first-order valence-corrected chi connectivity index (χ1v) is 11.1. The smallest absolute Gasteiger partial charge is 0.416 e. The predicted octanol–water partition coefficient (Wildman–Crippen LogP) is 4.04. The molecule has 4 rings (SSSR count). The standard InChI is InChI=1S/C22H25F6N5O2/c1-14(31-4-2-29-3-5-31)19-11-18-12-32(6-7-33(18)30-19)20(34)35-13-15-8-16(21(23,24)25)10-17(9-15)22(26,27)28/h8-11,14,29H,2-7,12-13H2,1H3. The zero-order valence-corrected chi connectivity index (χ0v) is 18.9. The minimum absolute atomic E-state index is 0.0378. The van der Waals surface area contributed by atoms with Crippen molar-refractivity contribution in [1.29, 1.82) is 0 Å². The maximum Gasteiger partial charge on any atom is 0.416 e. The van der Waals surface area contributed by atoms with Crippen LogP contribution in [-0.4, -0.2) is 58.4 Å². The number of aromatic nitrogens is 2. The van der Waals surface area contributed by atoms with Gasteiger partial charge in [0.05, 0.1) is 41.6 Å². The van der Waals surface area contributed by atoms with E-state index >= 15 is 0 Å². The fourth-order valence-electron chi connectivity index (χ4n) is 4.24. The van der Waals surface area contributed by atoms with Crippen LogP contribution in [0.15, 0.2) is 24.3 Å². The third-order valence-corrected chi connectivity index (χ3v) is 6.21. The topological polar surface area (TPSA) is 62.6 Å². The Morgan fingerprint density at radius 3 is 2.23 bits per heavy atom. The molecule has 0 saturated carbocycles. The molecule has 1 saturated heterocycles. The van der Waals surface area contributed by atoms with Gasteiger partial charge in [-0.1, -0.05) is 0 Å². The molecule has 7 nitrogen and oxygen atoms in total. The van der Waals surface area contributed by atoms with Gasteiger partial charge in [-0.15, -0.1) is 0 Å². The largest absolute Gasteiger partial charge is 0.445 e. The first-order valence-electron chi connectivity index (χ1n) is 11.1. The van der Waals surface area contributed by atoms with E-state index in [0.717, 1.165) is 37.6 Å². The molecule has 35 heavy (non-hydrogen) atoms. The van der Waals surface area contributed by atoms with Crippen molar-refractivity contribution in [2.24, 2.45) is 0 Å². The normalized spacial score (nSPS) is 18.3. The molecule has 1 aromatic carbocycles. The molecule has 1 N–H and O–H groups in total. The van der Waals surface area contributed by atoms with Gasteiger partial charge in [0.15, 0.2) is 0 Å². The lowest BCUT2D eigenvalue weighted by Gasteiger charge is -2.31. The summed E-state index contributed by atoms with van der Waals surface area (Å²) in [5.41, 5.74) is -1.64. The van der Waals surface area contributed by atoms with Gasteiger partial charge in [-0.25, -0.2) is 4.79 Å². The van der Waals surface area contributed by atoms with Gasteiger partial charge in [0.2, 0.25) is 0 Å². The summed E-state index contributed by atoms with van der Waals surface area (Å²) in [6.45, 7) is 5.77. The Morgan fingerprint density at radius 1 is 1.00 bits per heavy atom. The van der Waals surface area contributed by atoms with Crippen LogP contribution in [0.25, 0.3) is 0 Å². The molecule has 3 heterocycles. The fraction of sp³-hybridized carbons (Fsp3) is 0.545. The van der Waals surface area contributed by atoms with Crippen molar-refractivity contribution in [2.75, 3.05) is 32.7 Å². The third-order valence-electron chi connectivity index (χ3n) is 6.21. The molecule has 0 aliphatic carbocycles. The number of benzene rings is 1. The Hall–Kier alpha value is -2.80. The molecule has 1 unspecified atom stereocenters. The predicted molar refractivity (Wildman–Crippen MR) is 112 cm³/mol. The van der Waals surface area contributed by atoms with Gasteiger partial charge < -0.3 is 15.0 Å². The van der Waals surface area contributed by atoms with Gasteiger partial charge in [0, 0.05) is 32.7 Å². The van der Waals surface area contributed by atoms with Crippen LogP contribution in [-0.2, 0) is 36.8 Å². The van der Waals surface area contributed by atoms with E-state index in [2.05, 4.69) is 22.2 Å². The van der Waals surface area contributed by atoms with Crippen LogP contribution in [0, 0.1) is 0 Å². The number of ether oxygens (including phenoxy) is 1. The van der Waals surface area contributed by atoms with E-state index < -0.39 is 41.7 Å². The Bertz CT molecular complexity index is 1030. The summed E-state index contributed by atoms with van der Waals surface area (Å²) in [5.74, 6) is 0. The quantitative estimate of drug-likeness (QED) is 0.636. The summed E-state index contributed by atoms with van der Waals surface area (Å²) in [4.78, 5) is 16.2. The van der Waals surface area contributed by atoms with E-state index in [-0.39, 0.29) is 25.2 Å². The SMILES string of the molecule is CC(c1cc2n(n1)CCN(C(=O)OCc1cc(C(F)(F)F)cc(C(F)(F)F)c1)C2)N1CCNCC1. The number of nitrogens with zero attached hydrogens (tertiary/aromatic N) is 4. The molecular formula is C22H25F6N5O2. The summed E-state index contributed by atoms with van der Waals surface area (Å²) < 4.78 is 85.2. The molecule has 2 aromatic rings. The van der Waals surface area contributed by atoms with Crippen molar-refractivity contribution < 1.29 is 35.9 Å². The number of nitrogens with one attached hydrogen (secondary N) is 1. The number of carbonyl (C=O) groups excluding carboxylic acids is 1. The van der Waals surface area contributed by atoms with E-state index in [1.165, 1.54) is 4.90 Å². The van der Waals surface area contributed by atoms with Crippen LogP contribution in [0.3, 0.4) is 0 Å². The van der Waals surface area contributed by atoms with Gasteiger partial charge in [-0.3, -0.25) is 9.58 Å². The zero-order chi connectivity index (χ0) is 25.4. The highest BCUT2D eigenvalue weighted by Crippen LogP contribution is 2.36. The maximum atomic E-state index is 13.0. The van der Waals surface area contributed by atoms with Gasteiger partial charge in [0.1, 0.15) is 6.61 Å². The lowest BCUT2D eigenvalue weighted by Crippen LogP contribution is -2.44. The number of piperazine rings is 1. The summed E-state index contributed by atoms with van der Waals surface area (Å²) in [5, 5.41) is 7.94. The molecule has 2 aliphatic rings. The highest BCUT2D eigenvalue weighted by atomic mass is 19.4. The minimum atomic E-state index is -4.97. The number of hydrogen-bond acceptors (Lipinski definition) is 5. The van der Waals surface area contributed by atoms with Gasteiger partial charge in [-0.05, 0) is 36.8 Å². The lowest BCUT2D eigenvalue weighted by atomic mass is 10.1. The van der Waals surface area contributed by atoms with E-state index in [0.29, 0.717) is 18.7 Å². The number of alkyl halides is 6. The number of carbonyl (C=O) groups is 1. The first kappa shape index (κ1) is 25.3. The third kappa shape index (κ3) is 5.89. The highest BCUT2D eigenvalue weighted by molar-refractivity contribution is 5.67. The van der Waals surface area contributed by atoms with E-state index in [4.69, 9.17) is 4.74 Å². The molecule has 0 radical (unpaired) electrons. The molecule has 1 amide bonds. The van der Waals surface area contributed by atoms with E-state index in [1.54, 1.807) is 4.68 Å². The van der Waals surface area contributed by atoms with Crippen LogP contribution in [0.5, 0.6) is 0 Å². The number of fused-ring (bicyclic) bond motifs is 1. The molecule has 13 heteroatoms. The highest BCUT2D eigenvalue weighted by Gasteiger charge is 2.37. The molecule has 0 bridgehead atoms. The van der Waals surface area contributed by atoms with Crippen LogP contribution in [0.2, 0.25) is 0 Å². The van der Waals surface area contributed by atoms with Crippen molar-refractivity contribution in [3.8, 4) is 0 Å². The first-order chi connectivity index (χ1) is 16.4.